The second-order valence-electron chi connectivity index (χ2n) is 9.20. The van der Waals surface area contributed by atoms with Crippen molar-refractivity contribution in [1.82, 2.24) is 14.5 Å². The molecule has 0 aliphatic heterocycles. The molecule has 0 N–H and O–H groups in total. The average molecular weight is 462 g/mol. The predicted molar refractivity (Wildman–Crippen MR) is 140 cm³/mol. The molecule has 0 radical (unpaired) electrons. The van der Waals surface area contributed by atoms with Gasteiger partial charge in [0.1, 0.15) is 5.82 Å². The van der Waals surface area contributed by atoms with Crippen LogP contribution in [0.4, 0.5) is 0 Å². The molecule has 0 spiro atoms. The number of fused-ring (bicyclic) bond motifs is 1. The van der Waals surface area contributed by atoms with Crippen LogP contribution in [-0.2, 0) is 4.79 Å². The standard InChI is InChI=1S/C29H39N3O2/c1-5-7-9-10-11-20-27(33)31(21-8-6-2)23(4)28-30-25-18-14-13-17-24(25)29(34)32(28)26-19-15-12-16-22(26)3/h12-19,23H,5-11,20-21H2,1-4H3. The number of unbranched alkanes of at least 4 members (excludes halogenated alkanes) is 5. The topological polar surface area (TPSA) is 55.2 Å². The number of para-hydroxylation sites is 2. The highest BCUT2D eigenvalue weighted by Gasteiger charge is 2.26. The summed E-state index contributed by atoms with van der Waals surface area (Å²) in [5, 5.41) is 0.587. The van der Waals surface area contributed by atoms with E-state index in [2.05, 4.69) is 13.8 Å². The van der Waals surface area contributed by atoms with Crippen LogP contribution in [0.15, 0.2) is 53.3 Å². The highest BCUT2D eigenvalue weighted by atomic mass is 16.2. The number of carbonyl (C=O) groups is 1. The van der Waals surface area contributed by atoms with Crippen molar-refractivity contribution in [1.29, 1.82) is 0 Å². The summed E-state index contributed by atoms with van der Waals surface area (Å²) in [5.41, 5.74) is 2.39. The lowest BCUT2D eigenvalue weighted by atomic mass is 10.1. The quantitative estimate of drug-likeness (QED) is 0.281. The van der Waals surface area contributed by atoms with Gasteiger partial charge in [0.05, 0.1) is 22.6 Å². The minimum Gasteiger partial charge on any atom is -0.333 e. The molecule has 0 saturated heterocycles. The number of hydrogen-bond acceptors (Lipinski definition) is 3. The Labute approximate surface area is 203 Å². The third-order valence-electron chi connectivity index (χ3n) is 6.57. The Morgan fingerprint density at radius 3 is 2.35 bits per heavy atom. The Morgan fingerprint density at radius 2 is 1.62 bits per heavy atom. The number of aromatic nitrogens is 2. The fourth-order valence-corrected chi connectivity index (χ4v) is 4.50. The molecule has 3 aromatic rings. The first kappa shape index (κ1) is 25.7. The predicted octanol–water partition coefficient (Wildman–Crippen LogP) is 6.74. The minimum atomic E-state index is -0.313. The Bertz CT molecular complexity index is 1150. The SMILES string of the molecule is CCCCCCCC(=O)N(CCCC)C(C)c1nc2ccccc2c(=O)n1-c1ccccc1C. The molecular weight excluding hydrogens is 422 g/mol. The highest BCUT2D eigenvalue weighted by Crippen LogP contribution is 2.25. The Hall–Kier alpha value is -2.95. The van der Waals surface area contributed by atoms with Crippen LogP contribution in [0.3, 0.4) is 0 Å². The van der Waals surface area contributed by atoms with Crippen molar-refractivity contribution in [2.75, 3.05) is 6.54 Å². The molecule has 1 atom stereocenters. The van der Waals surface area contributed by atoms with Crippen molar-refractivity contribution in [3.63, 3.8) is 0 Å². The van der Waals surface area contributed by atoms with Gasteiger partial charge in [-0.3, -0.25) is 14.2 Å². The van der Waals surface area contributed by atoms with Gasteiger partial charge < -0.3 is 4.90 Å². The Morgan fingerprint density at radius 1 is 0.941 bits per heavy atom. The first-order valence-electron chi connectivity index (χ1n) is 12.9. The largest absolute Gasteiger partial charge is 0.333 e. The van der Waals surface area contributed by atoms with Gasteiger partial charge in [0, 0.05) is 13.0 Å². The molecule has 0 aliphatic carbocycles. The number of amides is 1. The van der Waals surface area contributed by atoms with Gasteiger partial charge in [-0.05, 0) is 50.5 Å². The first-order chi connectivity index (χ1) is 16.5. The summed E-state index contributed by atoms with van der Waals surface area (Å²) in [5.74, 6) is 0.768. The van der Waals surface area contributed by atoms with Crippen molar-refractivity contribution in [2.45, 2.75) is 85.1 Å². The number of aryl methyl sites for hydroxylation is 1. The van der Waals surface area contributed by atoms with E-state index in [9.17, 15) is 9.59 Å². The van der Waals surface area contributed by atoms with E-state index in [1.54, 1.807) is 4.57 Å². The molecule has 182 valence electrons. The normalized spacial score (nSPS) is 12.1. The molecule has 34 heavy (non-hydrogen) atoms. The lowest BCUT2D eigenvalue weighted by Crippen LogP contribution is -2.38. The van der Waals surface area contributed by atoms with Crippen LogP contribution in [0.25, 0.3) is 16.6 Å². The van der Waals surface area contributed by atoms with E-state index in [1.807, 2.05) is 67.3 Å². The second-order valence-corrected chi connectivity index (χ2v) is 9.20. The zero-order chi connectivity index (χ0) is 24.5. The number of carbonyl (C=O) groups excluding carboxylic acids is 1. The molecule has 1 unspecified atom stereocenters. The van der Waals surface area contributed by atoms with E-state index < -0.39 is 0 Å². The number of rotatable bonds is 12. The maximum Gasteiger partial charge on any atom is 0.266 e. The maximum atomic E-state index is 13.7. The highest BCUT2D eigenvalue weighted by molar-refractivity contribution is 5.79. The Kier molecular flexibility index (Phi) is 9.43. The molecule has 0 saturated carbocycles. The molecule has 1 aromatic heterocycles. The van der Waals surface area contributed by atoms with Crippen molar-refractivity contribution in [3.8, 4) is 5.69 Å². The van der Waals surface area contributed by atoms with Gasteiger partial charge in [-0.15, -0.1) is 0 Å². The van der Waals surface area contributed by atoms with E-state index in [0.717, 1.165) is 36.9 Å². The average Bonchev–Trinajstić information content (AvgIpc) is 2.84. The second kappa shape index (κ2) is 12.5. The van der Waals surface area contributed by atoms with Gasteiger partial charge >= 0.3 is 0 Å². The van der Waals surface area contributed by atoms with Gasteiger partial charge in [0.25, 0.3) is 5.56 Å². The lowest BCUT2D eigenvalue weighted by molar-refractivity contribution is -0.133. The summed E-state index contributed by atoms with van der Waals surface area (Å²) in [6, 6.07) is 15.0. The van der Waals surface area contributed by atoms with Gasteiger partial charge in [-0.1, -0.05) is 76.3 Å². The molecule has 1 heterocycles. The lowest BCUT2D eigenvalue weighted by Gasteiger charge is -2.31. The zero-order valence-corrected chi connectivity index (χ0v) is 21.2. The van der Waals surface area contributed by atoms with Crippen LogP contribution in [-0.4, -0.2) is 26.9 Å². The number of hydrogen-bond donors (Lipinski definition) is 0. The van der Waals surface area contributed by atoms with E-state index >= 15 is 0 Å². The summed E-state index contributed by atoms with van der Waals surface area (Å²) < 4.78 is 1.72. The molecule has 0 aliphatic rings. The first-order valence-corrected chi connectivity index (χ1v) is 12.9. The van der Waals surface area contributed by atoms with Crippen LogP contribution >= 0.6 is 0 Å². The van der Waals surface area contributed by atoms with Crippen LogP contribution in [0, 0.1) is 6.92 Å². The zero-order valence-electron chi connectivity index (χ0n) is 21.2. The van der Waals surface area contributed by atoms with Crippen molar-refractivity contribution >= 4 is 16.8 Å². The third-order valence-corrected chi connectivity index (χ3v) is 6.57. The maximum absolute atomic E-state index is 13.7. The van der Waals surface area contributed by atoms with E-state index in [0.29, 0.717) is 29.7 Å². The molecule has 5 heteroatoms. The smallest absolute Gasteiger partial charge is 0.266 e. The molecule has 1 amide bonds. The van der Waals surface area contributed by atoms with Crippen LogP contribution in [0.2, 0.25) is 0 Å². The fourth-order valence-electron chi connectivity index (χ4n) is 4.50. The molecule has 0 fully saturated rings. The van der Waals surface area contributed by atoms with Crippen LogP contribution in [0.1, 0.15) is 89.6 Å². The van der Waals surface area contributed by atoms with E-state index in [4.69, 9.17) is 4.98 Å². The molecular formula is C29H39N3O2. The van der Waals surface area contributed by atoms with Crippen LogP contribution in [0.5, 0.6) is 0 Å². The summed E-state index contributed by atoms with van der Waals surface area (Å²) in [6.45, 7) is 9.01. The summed E-state index contributed by atoms with van der Waals surface area (Å²) in [7, 11) is 0. The van der Waals surface area contributed by atoms with Gasteiger partial charge in [-0.2, -0.15) is 0 Å². The third kappa shape index (κ3) is 5.94. The monoisotopic (exact) mass is 461 g/mol. The molecule has 3 rings (SSSR count). The summed E-state index contributed by atoms with van der Waals surface area (Å²) >= 11 is 0. The van der Waals surface area contributed by atoms with E-state index in [-0.39, 0.29) is 17.5 Å². The fraction of sp³-hybridized carbons (Fsp3) is 0.483. The van der Waals surface area contributed by atoms with Crippen molar-refractivity contribution < 1.29 is 4.79 Å². The summed E-state index contributed by atoms with van der Waals surface area (Å²) in [6.07, 6.45) is 8.04. The van der Waals surface area contributed by atoms with E-state index in [1.165, 1.54) is 19.3 Å². The summed E-state index contributed by atoms with van der Waals surface area (Å²) in [4.78, 5) is 34.0. The van der Waals surface area contributed by atoms with Gasteiger partial charge in [-0.25, -0.2) is 4.98 Å². The van der Waals surface area contributed by atoms with Gasteiger partial charge in [0.2, 0.25) is 5.91 Å². The van der Waals surface area contributed by atoms with Crippen LogP contribution < -0.4 is 5.56 Å². The van der Waals surface area contributed by atoms with Crippen molar-refractivity contribution in [2.24, 2.45) is 0 Å². The molecule has 5 nitrogen and oxygen atoms in total. The number of nitrogens with zero attached hydrogens (tertiary/aromatic N) is 3. The molecule has 0 bridgehead atoms. The van der Waals surface area contributed by atoms with Gasteiger partial charge in [0.15, 0.2) is 0 Å². The number of benzene rings is 2. The minimum absolute atomic E-state index is 0.0933. The Balaban J connectivity index is 2.04. The van der Waals surface area contributed by atoms with Crippen molar-refractivity contribution in [3.05, 3.63) is 70.3 Å². The molecule has 2 aromatic carbocycles.